The Balaban J connectivity index is 1.32. The lowest BCUT2D eigenvalue weighted by Crippen LogP contribution is -2.87. The highest BCUT2D eigenvalue weighted by atomic mass is 16.6. The minimum Gasteiger partial charge on any atom is -0.454 e. The number of ether oxygens (including phenoxy) is 4. The summed E-state index contributed by atoms with van der Waals surface area (Å²) in [6.45, 7) is 4.12. The van der Waals surface area contributed by atoms with Crippen molar-refractivity contribution in [1.29, 1.82) is 0 Å². The van der Waals surface area contributed by atoms with Crippen LogP contribution < -0.4 is 4.90 Å². The van der Waals surface area contributed by atoms with Crippen LogP contribution in [-0.4, -0.2) is 130 Å². The third-order valence-electron chi connectivity index (χ3n) is 14.0. The maximum absolute atomic E-state index is 14.5. The van der Waals surface area contributed by atoms with Crippen LogP contribution in [0.15, 0.2) is 24.3 Å². The Morgan fingerprint density at radius 2 is 1.73 bits per heavy atom. The molecule has 5 aliphatic carbocycles. The number of likely N-dealkylation sites (tertiary alicyclic amines) is 1. The molecule has 7 bridgehead atoms. The van der Waals surface area contributed by atoms with Crippen LogP contribution in [0.4, 0.5) is 5.69 Å². The fourth-order valence-corrected chi connectivity index (χ4v) is 12.6. The molecule has 13 nitrogen and oxygen atoms in total. The first-order chi connectivity index (χ1) is 22.8. The van der Waals surface area contributed by atoms with Crippen molar-refractivity contribution in [1.82, 2.24) is 4.90 Å². The van der Waals surface area contributed by atoms with E-state index in [1.54, 1.807) is 32.2 Å². The summed E-state index contributed by atoms with van der Waals surface area (Å²) >= 11 is 0. The number of imide groups is 1. The molecular formula is C35H46N2O11. The summed E-state index contributed by atoms with van der Waals surface area (Å²) in [7, 11) is 4.51. The molecule has 8 rings (SSSR count). The number of fused-ring (bicyclic) bond motifs is 2. The van der Waals surface area contributed by atoms with E-state index in [-0.39, 0.29) is 43.5 Å². The third kappa shape index (κ3) is 3.38. The summed E-state index contributed by atoms with van der Waals surface area (Å²) in [4.78, 5) is 43.5. The van der Waals surface area contributed by atoms with Gasteiger partial charge in [-0.05, 0) is 37.9 Å². The minimum atomic E-state index is -2.04. The molecule has 48 heavy (non-hydrogen) atoms. The average Bonchev–Trinajstić information content (AvgIpc) is 3.52. The molecule has 2 heterocycles. The van der Waals surface area contributed by atoms with Crippen LogP contribution in [0.1, 0.15) is 56.3 Å². The Morgan fingerprint density at radius 1 is 1.00 bits per heavy atom. The van der Waals surface area contributed by atoms with Gasteiger partial charge in [0.25, 0.3) is 0 Å². The number of nitrogens with zero attached hydrogens (tertiary/aromatic N) is 2. The Bertz CT molecular complexity index is 1570. The number of benzene rings is 1. The van der Waals surface area contributed by atoms with E-state index in [4.69, 9.17) is 18.9 Å². The van der Waals surface area contributed by atoms with E-state index in [2.05, 4.69) is 0 Å². The molecule has 4 N–H and O–H groups in total. The zero-order valence-electron chi connectivity index (χ0n) is 28.0. The van der Waals surface area contributed by atoms with Crippen molar-refractivity contribution in [2.45, 2.75) is 98.8 Å². The molecule has 0 aromatic heterocycles. The number of rotatable bonds is 7. The Morgan fingerprint density at radius 3 is 2.35 bits per heavy atom. The van der Waals surface area contributed by atoms with Crippen LogP contribution in [0.25, 0.3) is 0 Å². The highest BCUT2D eigenvalue weighted by Crippen LogP contribution is 2.80. The second-order valence-electron chi connectivity index (χ2n) is 15.4. The van der Waals surface area contributed by atoms with Crippen molar-refractivity contribution in [2.75, 3.05) is 39.3 Å². The second kappa shape index (κ2) is 10.3. The van der Waals surface area contributed by atoms with Gasteiger partial charge in [-0.3, -0.25) is 14.5 Å². The summed E-state index contributed by atoms with van der Waals surface area (Å²) in [6.07, 6.45) is -2.89. The van der Waals surface area contributed by atoms with Crippen LogP contribution in [0.5, 0.6) is 0 Å². The van der Waals surface area contributed by atoms with Gasteiger partial charge in [0.15, 0.2) is 0 Å². The maximum Gasteiger partial charge on any atom is 0.340 e. The van der Waals surface area contributed by atoms with Gasteiger partial charge in [-0.2, -0.15) is 0 Å². The molecule has 5 saturated carbocycles. The molecule has 14 atom stereocenters. The first-order valence-corrected chi connectivity index (χ1v) is 17.1. The molecule has 0 radical (unpaired) electrons. The molecule has 1 aromatic rings. The number of carbonyl (C=O) groups is 3. The number of esters is 1. The predicted octanol–water partition coefficient (Wildman–Crippen LogP) is 0.248. The van der Waals surface area contributed by atoms with Crippen LogP contribution in [0.3, 0.4) is 0 Å². The molecule has 1 aromatic carbocycles. The van der Waals surface area contributed by atoms with Crippen LogP contribution in [0, 0.1) is 29.1 Å². The molecule has 2 aliphatic heterocycles. The van der Waals surface area contributed by atoms with Crippen molar-refractivity contribution < 1.29 is 53.8 Å². The maximum atomic E-state index is 14.5. The van der Waals surface area contributed by atoms with E-state index < -0.39 is 99.7 Å². The summed E-state index contributed by atoms with van der Waals surface area (Å²) < 4.78 is 25.0. The Hall–Kier alpha value is -2.49. The largest absolute Gasteiger partial charge is 0.454 e. The fourth-order valence-electron chi connectivity index (χ4n) is 12.6. The van der Waals surface area contributed by atoms with Crippen molar-refractivity contribution in [2.24, 2.45) is 29.1 Å². The zero-order chi connectivity index (χ0) is 34.3. The van der Waals surface area contributed by atoms with Crippen LogP contribution in [-0.2, 0) is 28.5 Å². The smallest absolute Gasteiger partial charge is 0.340 e. The van der Waals surface area contributed by atoms with Gasteiger partial charge in [-0.25, -0.2) is 9.69 Å². The van der Waals surface area contributed by atoms with Gasteiger partial charge >= 0.3 is 5.97 Å². The number of aliphatic hydroxyl groups excluding tert-OH is 1. The normalized spacial score (nSPS) is 50.3. The van der Waals surface area contributed by atoms with Gasteiger partial charge in [0.05, 0.1) is 52.7 Å². The minimum absolute atomic E-state index is 0.0282. The van der Waals surface area contributed by atoms with E-state index in [1.165, 1.54) is 20.3 Å². The van der Waals surface area contributed by atoms with E-state index in [1.807, 2.05) is 11.8 Å². The lowest BCUT2D eigenvalue weighted by Gasteiger charge is -2.71. The quantitative estimate of drug-likeness (QED) is 0.230. The monoisotopic (exact) mass is 670 g/mol. The number of anilines is 1. The average molecular weight is 671 g/mol. The zero-order valence-corrected chi connectivity index (χ0v) is 28.0. The number of piperidine rings is 1. The van der Waals surface area contributed by atoms with Gasteiger partial charge in [0.1, 0.15) is 16.8 Å². The highest BCUT2D eigenvalue weighted by molar-refractivity contribution is 6.22. The van der Waals surface area contributed by atoms with E-state index >= 15 is 0 Å². The number of methoxy groups -OCH3 is 3. The van der Waals surface area contributed by atoms with Crippen molar-refractivity contribution in [3.05, 3.63) is 29.8 Å². The summed E-state index contributed by atoms with van der Waals surface area (Å²) in [5.74, 6) is -4.61. The van der Waals surface area contributed by atoms with E-state index in [0.29, 0.717) is 13.0 Å². The molecular weight excluding hydrogens is 624 g/mol. The molecule has 7 fully saturated rings. The van der Waals surface area contributed by atoms with Crippen molar-refractivity contribution in [3.63, 3.8) is 0 Å². The number of para-hydroxylation sites is 1. The number of likely N-dealkylation sites (N-methyl/N-ethyl adjacent to an activating group) is 1. The standard InChI is InChI=1S/C35H46N2O11/c1-6-36-16-31(48-29(41)18-9-7-8-10-20(18)37-23(38)13-17(2)28(37)40)12-11-22(46-4)34-26(31)27(47-5)35(44,30(34)36)33(43)15-21(45-3)19-14-32(34,42)25(33)24(19)39/h7-10,17,19,21-22,24-27,30,39,42-44H,6,11-16H2,1-5H3/t17-,19-,21+,22+,24+,25+,26-,27+,30+,31-,32+,33-,34-,35-/m1/s1. The number of amides is 2. The van der Waals surface area contributed by atoms with Crippen molar-refractivity contribution in [3.8, 4) is 0 Å². The van der Waals surface area contributed by atoms with Gasteiger partial charge in [0.2, 0.25) is 11.8 Å². The van der Waals surface area contributed by atoms with Gasteiger partial charge in [-0.1, -0.05) is 26.0 Å². The number of hydrogen-bond donors (Lipinski definition) is 4. The summed E-state index contributed by atoms with van der Waals surface area (Å²) in [6, 6.07) is 5.48. The highest BCUT2D eigenvalue weighted by Gasteiger charge is 2.96. The molecule has 7 aliphatic rings. The number of hydrogen-bond acceptors (Lipinski definition) is 12. The third-order valence-corrected chi connectivity index (χ3v) is 14.0. The van der Waals surface area contributed by atoms with Crippen LogP contribution >= 0.6 is 0 Å². The topological polar surface area (TPSA) is 176 Å². The lowest BCUT2D eigenvalue weighted by molar-refractivity contribution is -0.359. The molecule has 2 amide bonds. The van der Waals surface area contributed by atoms with E-state index in [9.17, 15) is 34.8 Å². The van der Waals surface area contributed by atoms with Crippen molar-refractivity contribution >= 4 is 23.5 Å². The first kappa shape index (κ1) is 32.7. The lowest BCUT2D eigenvalue weighted by atomic mass is 9.42. The second-order valence-corrected chi connectivity index (χ2v) is 15.4. The SMILES string of the molecule is CCN1C[C@]2(OC(=O)c3ccccc3N3C(=O)C[C@@H](C)C3=O)CC[C@H](OC)[C@@]34[C@@H]2[C@H](OC)[C@@](O)([C@@H]13)[C@@]1(O)C[C@H](OC)[C@H]2C[C@]4(O)[C@@H]1[C@H]2O. The molecule has 0 unspecified atom stereocenters. The van der Waals surface area contributed by atoms with Gasteiger partial charge < -0.3 is 39.4 Å². The first-order valence-electron chi connectivity index (χ1n) is 17.1. The number of aliphatic hydroxyl groups is 4. The fraction of sp³-hybridized carbons (Fsp3) is 0.743. The molecule has 1 spiro atoms. The summed E-state index contributed by atoms with van der Waals surface area (Å²) in [5.41, 5.74) is -8.38. The Kier molecular flexibility index (Phi) is 7.01. The molecule has 262 valence electrons. The summed E-state index contributed by atoms with van der Waals surface area (Å²) in [5, 5.41) is 51.4. The number of carbonyl (C=O) groups excluding carboxylic acids is 3. The van der Waals surface area contributed by atoms with Crippen LogP contribution in [0.2, 0.25) is 0 Å². The van der Waals surface area contributed by atoms with Gasteiger partial charge in [0, 0.05) is 64.4 Å². The van der Waals surface area contributed by atoms with E-state index in [0.717, 1.165) is 4.90 Å². The molecule has 2 saturated heterocycles. The van der Waals surface area contributed by atoms with Gasteiger partial charge in [-0.15, -0.1) is 0 Å². The molecule has 13 heteroatoms. The predicted molar refractivity (Wildman–Crippen MR) is 167 cm³/mol. The Labute approximate surface area is 279 Å².